The van der Waals surface area contributed by atoms with E-state index >= 15 is 0 Å². The molecule has 2 N–H and O–H groups in total. The van der Waals surface area contributed by atoms with Gasteiger partial charge in [0.25, 0.3) is 5.91 Å². The first-order valence-corrected chi connectivity index (χ1v) is 14.3. The number of thioether (sulfide) groups is 1. The number of phenolic OH excluding ortho intramolecular Hbond substituents is 1. The molecule has 0 saturated carbocycles. The minimum absolute atomic E-state index is 0.0324. The third kappa shape index (κ3) is 5.29. The predicted octanol–water partition coefficient (Wildman–Crippen LogP) is 6.64. The Balaban J connectivity index is 1.54. The second kappa shape index (κ2) is 11.0. The quantitative estimate of drug-likeness (QED) is 0.123. The number of benzene rings is 2. The van der Waals surface area contributed by atoms with Crippen molar-refractivity contribution in [1.82, 2.24) is 10.2 Å². The monoisotopic (exact) mass is 647 g/mol. The van der Waals surface area contributed by atoms with Crippen LogP contribution in [0.3, 0.4) is 0 Å². The van der Waals surface area contributed by atoms with E-state index in [4.69, 9.17) is 20.8 Å². The highest BCUT2D eigenvalue weighted by Crippen LogP contribution is 2.47. The molecular weight excluding hydrogens is 630 g/mol. The van der Waals surface area contributed by atoms with E-state index in [1.54, 1.807) is 31.2 Å². The van der Waals surface area contributed by atoms with Crippen LogP contribution in [0.5, 0.6) is 11.5 Å². The maximum absolute atomic E-state index is 13.5. The number of Topliss-reactive ketones (excluding diaryl/α,β-unsaturated/α-hetero) is 1. The van der Waals surface area contributed by atoms with Crippen molar-refractivity contribution < 1.29 is 29.0 Å². The van der Waals surface area contributed by atoms with E-state index in [-0.39, 0.29) is 32.4 Å². The average molecular weight is 649 g/mol. The first-order chi connectivity index (χ1) is 18.7. The summed E-state index contributed by atoms with van der Waals surface area (Å²) in [6.45, 7) is 1.68. The van der Waals surface area contributed by atoms with E-state index in [9.17, 15) is 19.8 Å². The molecule has 39 heavy (non-hydrogen) atoms. The fourth-order valence-corrected chi connectivity index (χ4v) is 6.44. The highest BCUT2D eigenvalue weighted by molar-refractivity contribution is 9.10. The van der Waals surface area contributed by atoms with Crippen molar-refractivity contribution in [3.63, 3.8) is 0 Å². The van der Waals surface area contributed by atoms with Gasteiger partial charge in [-0.3, -0.25) is 14.5 Å². The molecule has 1 atom stereocenters. The Labute approximate surface area is 244 Å². The van der Waals surface area contributed by atoms with Crippen LogP contribution in [0, 0.1) is 6.92 Å². The molecule has 4 aromatic rings. The number of aromatic hydroxyl groups is 1. The number of ketones is 1. The maximum atomic E-state index is 13.5. The first kappa shape index (κ1) is 27.3. The number of aliphatic hydroxyl groups is 1. The lowest BCUT2D eigenvalue weighted by Crippen LogP contribution is -2.31. The van der Waals surface area contributed by atoms with Crippen LogP contribution in [0.2, 0.25) is 5.02 Å². The molecule has 0 radical (unpaired) electrons. The highest BCUT2D eigenvalue weighted by Gasteiger charge is 2.47. The number of hydrogen-bond acceptors (Lipinski definition) is 10. The number of rotatable bonds is 8. The van der Waals surface area contributed by atoms with Gasteiger partial charge < -0.3 is 19.4 Å². The number of phenols is 1. The van der Waals surface area contributed by atoms with Crippen LogP contribution in [-0.2, 0) is 10.5 Å². The molecule has 5 rings (SSSR count). The highest BCUT2D eigenvalue weighted by atomic mass is 79.9. The van der Waals surface area contributed by atoms with E-state index in [0.29, 0.717) is 26.4 Å². The summed E-state index contributed by atoms with van der Waals surface area (Å²) in [4.78, 5) is 28.2. The number of aromatic nitrogens is 2. The summed E-state index contributed by atoms with van der Waals surface area (Å²) in [5, 5.41) is 30.6. The van der Waals surface area contributed by atoms with Gasteiger partial charge in [-0.05, 0) is 70.4 Å². The molecule has 0 spiro atoms. The van der Waals surface area contributed by atoms with Gasteiger partial charge in [-0.25, -0.2) is 0 Å². The van der Waals surface area contributed by atoms with Gasteiger partial charge in [0.05, 0.1) is 23.2 Å². The summed E-state index contributed by atoms with van der Waals surface area (Å²) in [5.74, 6) is -1.20. The third-order valence-electron chi connectivity index (χ3n) is 5.88. The van der Waals surface area contributed by atoms with E-state index in [1.807, 2.05) is 12.1 Å². The van der Waals surface area contributed by atoms with E-state index < -0.39 is 23.5 Å². The summed E-state index contributed by atoms with van der Waals surface area (Å²) in [7, 11) is 1.38. The summed E-state index contributed by atoms with van der Waals surface area (Å²) >= 11 is 11.8. The van der Waals surface area contributed by atoms with Crippen LogP contribution >= 0.6 is 50.6 Å². The lowest BCUT2D eigenvalue weighted by Gasteiger charge is -2.24. The number of halogens is 2. The number of anilines is 1. The number of nitrogens with zero attached hydrogens (tertiary/aromatic N) is 3. The number of furan rings is 1. The Morgan fingerprint density at radius 2 is 1.95 bits per heavy atom. The van der Waals surface area contributed by atoms with Crippen LogP contribution < -0.4 is 9.64 Å². The van der Waals surface area contributed by atoms with Gasteiger partial charge in [0.2, 0.25) is 10.9 Å². The molecule has 2 aromatic heterocycles. The standard InChI is InChI=1S/C26H19BrClN3O6S2/c1-12-3-8-17(37-12)22(33)19-20(14-9-16(27)21(32)18(10-14)36-2)31(24(35)23(19)34)25-29-30-26(39-25)38-11-13-4-6-15(28)7-5-13/h3-10,20,32,34H,11H2,1-2H3. The number of methoxy groups -OCH3 is 1. The zero-order valence-electron chi connectivity index (χ0n) is 20.3. The third-order valence-corrected chi connectivity index (χ3v) is 8.86. The van der Waals surface area contributed by atoms with Gasteiger partial charge in [-0.1, -0.05) is 46.8 Å². The summed E-state index contributed by atoms with van der Waals surface area (Å²) in [6.07, 6.45) is 0. The minimum atomic E-state index is -1.11. The van der Waals surface area contributed by atoms with Crippen LogP contribution in [0.15, 0.2) is 73.1 Å². The minimum Gasteiger partial charge on any atom is -0.503 e. The van der Waals surface area contributed by atoms with Gasteiger partial charge in [0.1, 0.15) is 5.76 Å². The number of hydrogen-bond donors (Lipinski definition) is 2. The second-order valence-electron chi connectivity index (χ2n) is 8.40. The van der Waals surface area contributed by atoms with Crippen molar-refractivity contribution in [1.29, 1.82) is 0 Å². The van der Waals surface area contributed by atoms with Crippen molar-refractivity contribution in [2.45, 2.75) is 23.1 Å². The molecule has 1 aliphatic rings. The lowest BCUT2D eigenvalue weighted by molar-refractivity contribution is -0.117. The van der Waals surface area contributed by atoms with E-state index in [1.165, 1.54) is 35.9 Å². The molecule has 0 bridgehead atoms. The molecule has 1 amide bonds. The number of carbonyl (C=O) groups is 2. The fourth-order valence-electron chi connectivity index (χ4n) is 4.03. The van der Waals surface area contributed by atoms with Crippen molar-refractivity contribution in [3.05, 3.63) is 92.0 Å². The summed E-state index contributed by atoms with van der Waals surface area (Å²) in [5.41, 5.74) is 1.21. The Hall–Kier alpha value is -3.32. The predicted molar refractivity (Wildman–Crippen MR) is 151 cm³/mol. The van der Waals surface area contributed by atoms with Crippen molar-refractivity contribution in [2.24, 2.45) is 0 Å². The summed E-state index contributed by atoms with van der Waals surface area (Å²) < 4.78 is 11.6. The Morgan fingerprint density at radius 1 is 1.21 bits per heavy atom. The second-order valence-corrected chi connectivity index (χ2v) is 11.9. The van der Waals surface area contributed by atoms with Crippen LogP contribution in [0.25, 0.3) is 0 Å². The first-order valence-electron chi connectivity index (χ1n) is 11.3. The normalized spacial score (nSPS) is 15.3. The van der Waals surface area contributed by atoms with Gasteiger partial charge in [-0.15, -0.1) is 10.2 Å². The Bertz CT molecular complexity index is 1620. The van der Waals surface area contributed by atoms with Gasteiger partial charge in [-0.2, -0.15) is 0 Å². The Morgan fingerprint density at radius 3 is 2.62 bits per heavy atom. The molecule has 0 aliphatic carbocycles. The SMILES string of the molecule is COc1cc(C2C(C(=O)c3ccc(C)o3)=C(O)C(=O)N2c2nnc(SCc3ccc(Cl)cc3)s2)cc(Br)c1O. The number of amides is 1. The molecular formula is C26H19BrClN3O6S2. The molecule has 0 fully saturated rings. The van der Waals surface area contributed by atoms with Crippen molar-refractivity contribution in [2.75, 3.05) is 12.0 Å². The van der Waals surface area contributed by atoms with E-state index in [2.05, 4.69) is 26.1 Å². The smallest absolute Gasteiger partial charge is 0.296 e. The van der Waals surface area contributed by atoms with Gasteiger partial charge >= 0.3 is 0 Å². The topological polar surface area (TPSA) is 126 Å². The largest absolute Gasteiger partial charge is 0.503 e. The van der Waals surface area contributed by atoms with Crippen molar-refractivity contribution >= 4 is 67.5 Å². The molecule has 0 saturated heterocycles. The number of ether oxygens (including phenoxy) is 1. The molecule has 3 heterocycles. The van der Waals surface area contributed by atoms with Crippen LogP contribution in [0.1, 0.15) is 33.5 Å². The molecule has 9 nitrogen and oxygen atoms in total. The lowest BCUT2D eigenvalue weighted by atomic mass is 9.95. The average Bonchev–Trinajstić information content (AvgIpc) is 3.63. The fraction of sp³-hybridized carbons (Fsp3) is 0.154. The Kier molecular flexibility index (Phi) is 7.72. The zero-order chi connectivity index (χ0) is 27.8. The molecule has 1 aliphatic heterocycles. The molecule has 13 heteroatoms. The van der Waals surface area contributed by atoms with E-state index in [0.717, 1.165) is 16.9 Å². The van der Waals surface area contributed by atoms with Crippen LogP contribution in [-0.4, -0.2) is 39.2 Å². The number of aryl methyl sites for hydroxylation is 1. The van der Waals surface area contributed by atoms with Gasteiger partial charge in [0, 0.05) is 10.8 Å². The number of carbonyl (C=O) groups excluding carboxylic acids is 2. The maximum Gasteiger partial charge on any atom is 0.296 e. The van der Waals surface area contributed by atoms with Gasteiger partial charge in [0.15, 0.2) is 27.4 Å². The molecule has 200 valence electrons. The molecule has 1 unspecified atom stereocenters. The van der Waals surface area contributed by atoms with Crippen molar-refractivity contribution in [3.8, 4) is 11.5 Å². The number of aliphatic hydroxyl groups excluding tert-OH is 1. The van der Waals surface area contributed by atoms with Crippen LogP contribution in [0.4, 0.5) is 5.13 Å². The zero-order valence-corrected chi connectivity index (χ0v) is 24.3. The molecule has 2 aromatic carbocycles. The summed E-state index contributed by atoms with van der Waals surface area (Å²) in [6, 6.07) is 12.4.